The van der Waals surface area contributed by atoms with E-state index in [1.54, 1.807) is 36.4 Å². The number of ether oxygens (including phenoxy) is 1. The molecule has 6 nitrogen and oxygen atoms in total. The first-order valence-electron chi connectivity index (χ1n) is 9.27. The van der Waals surface area contributed by atoms with Crippen LogP contribution in [-0.4, -0.2) is 22.7 Å². The summed E-state index contributed by atoms with van der Waals surface area (Å²) in [4.78, 5) is 16.7. The number of rotatable bonds is 6. The maximum Gasteiger partial charge on any atom is 0.262 e. The van der Waals surface area contributed by atoms with E-state index in [2.05, 4.69) is 15.5 Å². The Kier molecular flexibility index (Phi) is 5.77. The number of nitrogens with zero attached hydrogens (tertiary/aromatic N) is 2. The van der Waals surface area contributed by atoms with Crippen LogP contribution in [-0.2, 0) is 4.79 Å². The van der Waals surface area contributed by atoms with Crippen molar-refractivity contribution in [1.82, 2.24) is 10.1 Å². The number of aryl methyl sites for hydroxylation is 1. The summed E-state index contributed by atoms with van der Waals surface area (Å²) < 4.78 is 11.1. The Morgan fingerprint density at radius 3 is 2.53 bits per heavy atom. The Morgan fingerprint density at radius 2 is 1.77 bits per heavy atom. The van der Waals surface area contributed by atoms with Gasteiger partial charge in [-0.25, -0.2) is 0 Å². The minimum Gasteiger partial charge on any atom is -0.483 e. The molecule has 30 heavy (non-hydrogen) atoms. The van der Waals surface area contributed by atoms with Gasteiger partial charge in [0.2, 0.25) is 5.82 Å². The monoisotopic (exact) mass is 419 g/mol. The SMILES string of the molecule is Cc1ccc(-c2noc(-c3ccccc3OCC(=O)Nc3ccc(Cl)cc3)n2)cc1. The van der Waals surface area contributed by atoms with Gasteiger partial charge in [-0.1, -0.05) is 58.7 Å². The Balaban J connectivity index is 1.47. The third kappa shape index (κ3) is 4.67. The zero-order chi connectivity index (χ0) is 20.9. The highest BCUT2D eigenvalue weighted by molar-refractivity contribution is 6.30. The summed E-state index contributed by atoms with van der Waals surface area (Å²) in [6.45, 7) is 1.85. The molecule has 4 rings (SSSR count). The lowest BCUT2D eigenvalue weighted by Crippen LogP contribution is -2.20. The number of nitrogens with one attached hydrogen (secondary N) is 1. The summed E-state index contributed by atoms with van der Waals surface area (Å²) in [7, 11) is 0. The molecule has 1 aromatic heterocycles. The van der Waals surface area contributed by atoms with Gasteiger partial charge < -0.3 is 14.6 Å². The number of aromatic nitrogens is 2. The van der Waals surface area contributed by atoms with Crippen molar-refractivity contribution in [2.75, 3.05) is 11.9 Å². The van der Waals surface area contributed by atoms with Crippen LogP contribution in [0.15, 0.2) is 77.3 Å². The van der Waals surface area contributed by atoms with Crippen LogP contribution < -0.4 is 10.1 Å². The molecule has 150 valence electrons. The van der Waals surface area contributed by atoms with Gasteiger partial charge in [-0.15, -0.1) is 0 Å². The zero-order valence-corrected chi connectivity index (χ0v) is 16.9. The molecule has 0 aliphatic heterocycles. The van der Waals surface area contributed by atoms with Gasteiger partial charge in [0.25, 0.3) is 11.8 Å². The topological polar surface area (TPSA) is 77.2 Å². The van der Waals surface area contributed by atoms with Crippen LogP contribution >= 0.6 is 11.6 Å². The molecule has 0 aliphatic rings. The smallest absolute Gasteiger partial charge is 0.262 e. The van der Waals surface area contributed by atoms with E-state index < -0.39 is 0 Å². The van der Waals surface area contributed by atoms with Crippen molar-refractivity contribution in [3.63, 3.8) is 0 Å². The van der Waals surface area contributed by atoms with E-state index in [9.17, 15) is 4.79 Å². The number of benzene rings is 3. The molecule has 4 aromatic rings. The van der Waals surface area contributed by atoms with Crippen molar-refractivity contribution < 1.29 is 14.1 Å². The maximum atomic E-state index is 12.2. The molecule has 1 N–H and O–H groups in total. The number of para-hydroxylation sites is 1. The van der Waals surface area contributed by atoms with E-state index in [4.69, 9.17) is 20.9 Å². The fraction of sp³-hybridized carbons (Fsp3) is 0.0870. The summed E-state index contributed by atoms with van der Waals surface area (Å²) in [6, 6.07) is 21.9. The van der Waals surface area contributed by atoms with Gasteiger partial charge in [-0.05, 0) is 43.3 Å². The summed E-state index contributed by atoms with van der Waals surface area (Å²) >= 11 is 5.86. The van der Waals surface area contributed by atoms with E-state index in [1.165, 1.54) is 0 Å². The third-order valence-corrected chi connectivity index (χ3v) is 4.59. The molecule has 0 fully saturated rings. The lowest BCUT2D eigenvalue weighted by molar-refractivity contribution is -0.118. The van der Waals surface area contributed by atoms with E-state index >= 15 is 0 Å². The molecule has 0 bridgehead atoms. The summed E-state index contributed by atoms with van der Waals surface area (Å²) in [6.07, 6.45) is 0. The van der Waals surface area contributed by atoms with E-state index in [0.29, 0.717) is 33.7 Å². The van der Waals surface area contributed by atoms with Crippen LogP contribution in [0.25, 0.3) is 22.8 Å². The standard InChI is InChI=1S/C23H18ClN3O3/c1-15-6-8-16(9-7-15)22-26-23(30-27-22)19-4-2-3-5-20(19)29-14-21(28)25-18-12-10-17(24)11-13-18/h2-13H,14H2,1H3,(H,25,28). The molecule has 0 saturated heterocycles. The van der Waals surface area contributed by atoms with Crippen molar-refractivity contribution in [2.45, 2.75) is 6.92 Å². The number of halogens is 1. The third-order valence-electron chi connectivity index (χ3n) is 4.34. The van der Waals surface area contributed by atoms with Crippen LogP contribution in [0.3, 0.4) is 0 Å². The highest BCUT2D eigenvalue weighted by atomic mass is 35.5. The largest absolute Gasteiger partial charge is 0.483 e. The number of hydrogen-bond donors (Lipinski definition) is 1. The van der Waals surface area contributed by atoms with Gasteiger partial charge in [-0.2, -0.15) is 4.98 Å². The lowest BCUT2D eigenvalue weighted by Gasteiger charge is -2.09. The second-order valence-corrected chi connectivity index (χ2v) is 7.07. The van der Waals surface area contributed by atoms with Crippen molar-refractivity contribution in [2.24, 2.45) is 0 Å². The van der Waals surface area contributed by atoms with Crippen molar-refractivity contribution >= 4 is 23.2 Å². The normalized spacial score (nSPS) is 10.6. The molecule has 3 aromatic carbocycles. The molecule has 0 saturated carbocycles. The second kappa shape index (κ2) is 8.80. The fourth-order valence-corrected chi connectivity index (χ4v) is 2.92. The predicted octanol–water partition coefficient (Wildman–Crippen LogP) is 5.38. The summed E-state index contributed by atoms with van der Waals surface area (Å²) in [5.74, 6) is 0.987. The molecule has 1 heterocycles. The Bertz CT molecular complexity index is 1160. The van der Waals surface area contributed by atoms with Gasteiger partial charge in [0, 0.05) is 16.3 Å². The van der Waals surface area contributed by atoms with Gasteiger partial charge in [0.15, 0.2) is 6.61 Å². The zero-order valence-electron chi connectivity index (χ0n) is 16.1. The van der Waals surface area contributed by atoms with Gasteiger partial charge in [0.1, 0.15) is 5.75 Å². The first-order chi connectivity index (χ1) is 14.6. The number of hydrogen-bond acceptors (Lipinski definition) is 5. The van der Waals surface area contributed by atoms with Crippen LogP contribution in [0.4, 0.5) is 5.69 Å². The average Bonchev–Trinajstić information content (AvgIpc) is 3.25. The Hall–Kier alpha value is -3.64. The van der Waals surface area contributed by atoms with Gasteiger partial charge in [-0.3, -0.25) is 4.79 Å². The molecule has 0 aliphatic carbocycles. The van der Waals surface area contributed by atoms with Crippen LogP contribution in [0.1, 0.15) is 5.56 Å². The van der Waals surface area contributed by atoms with Crippen molar-refractivity contribution in [3.05, 3.63) is 83.4 Å². The molecular formula is C23H18ClN3O3. The molecule has 0 unspecified atom stereocenters. The molecular weight excluding hydrogens is 402 g/mol. The predicted molar refractivity (Wildman–Crippen MR) is 115 cm³/mol. The van der Waals surface area contributed by atoms with E-state index in [0.717, 1.165) is 11.1 Å². The second-order valence-electron chi connectivity index (χ2n) is 6.63. The Morgan fingerprint density at radius 1 is 1.03 bits per heavy atom. The van der Waals surface area contributed by atoms with E-state index in [-0.39, 0.29) is 12.5 Å². The quantitative estimate of drug-likeness (QED) is 0.453. The van der Waals surface area contributed by atoms with E-state index in [1.807, 2.05) is 43.3 Å². The fourth-order valence-electron chi connectivity index (χ4n) is 2.80. The highest BCUT2D eigenvalue weighted by Crippen LogP contribution is 2.30. The number of carbonyl (C=O) groups excluding carboxylic acids is 1. The van der Waals surface area contributed by atoms with Crippen molar-refractivity contribution in [1.29, 1.82) is 0 Å². The highest BCUT2D eigenvalue weighted by Gasteiger charge is 2.15. The maximum absolute atomic E-state index is 12.2. The van der Waals surface area contributed by atoms with Crippen molar-refractivity contribution in [3.8, 4) is 28.6 Å². The Labute approximate surface area is 178 Å². The molecule has 0 spiro atoms. The van der Waals surface area contributed by atoms with Crippen LogP contribution in [0.5, 0.6) is 5.75 Å². The number of amides is 1. The molecule has 0 radical (unpaired) electrons. The minimum absolute atomic E-state index is 0.168. The van der Waals surface area contributed by atoms with Gasteiger partial charge in [0.05, 0.1) is 5.56 Å². The average molecular weight is 420 g/mol. The van der Waals surface area contributed by atoms with Gasteiger partial charge >= 0.3 is 0 Å². The first kappa shape index (κ1) is 19.7. The molecule has 1 amide bonds. The number of anilines is 1. The molecule has 0 atom stereocenters. The summed E-state index contributed by atoms with van der Waals surface area (Å²) in [5.41, 5.74) is 3.26. The van der Waals surface area contributed by atoms with Crippen LogP contribution in [0, 0.1) is 6.92 Å². The minimum atomic E-state index is -0.294. The van der Waals surface area contributed by atoms with Crippen LogP contribution in [0.2, 0.25) is 5.02 Å². The number of carbonyl (C=O) groups is 1. The summed E-state index contributed by atoms with van der Waals surface area (Å²) in [5, 5.41) is 7.41. The first-order valence-corrected chi connectivity index (χ1v) is 9.65. The molecule has 7 heteroatoms. The lowest BCUT2D eigenvalue weighted by atomic mass is 10.1.